The average molecular weight is 224 g/mol. The lowest BCUT2D eigenvalue weighted by Crippen LogP contribution is -2.29. The van der Waals surface area contributed by atoms with Crippen molar-refractivity contribution < 1.29 is 4.79 Å². The van der Waals surface area contributed by atoms with Gasteiger partial charge in [-0.3, -0.25) is 4.79 Å². The molecule has 1 unspecified atom stereocenters. The standard InChI is InChI=1S/C15H28O/c1-4-5-11-15(3,13(2)16)12-14-9-7-6-8-10-14/h14H,4-12H2,1-3H3. The monoisotopic (exact) mass is 224 g/mol. The van der Waals surface area contributed by atoms with Crippen LogP contribution in [0, 0.1) is 11.3 Å². The topological polar surface area (TPSA) is 17.1 Å². The van der Waals surface area contributed by atoms with Crippen LogP contribution in [-0.4, -0.2) is 5.78 Å². The molecular weight excluding hydrogens is 196 g/mol. The minimum atomic E-state index is -0.0297. The van der Waals surface area contributed by atoms with E-state index in [2.05, 4.69) is 13.8 Å². The number of carbonyl (C=O) groups is 1. The molecule has 1 rings (SSSR count). The molecule has 0 amide bonds. The Balaban J connectivity index is 2.51. The summed E-state index contributed by atoms with van der Waals surface area (Å²) in [5, 5.41) is 0. The smallest absolute Gasteiger partial charge is 0.135 e. The molecule has 0 N–H and O–H groups in total. The Morgan fingerprint density at radius 1 is 1.25 bits per heavy atom. The Kier molecular flexibility index (Phi) is 5.51. The molecule has 0 heterocycles. The summed E-state index contributed by atoms with van der Waals surface area (Å²) in [5.41, 5.74) is -0.0297. The zero-order chi connectivity index (χ0) is 12.0. The highest BCUT2D eigenvalue weighted by atomic mass is 16.1. The SMILES string of the molecule is CCCCC(C)(CC1CCCCC1)C(C)=O. The van der Waals surface area contributed by atoms with E-state index < -0.39 is 0 Å². The number of Topliss-reactive ketones (excluding diaryl/α,β-unsaturated/α-hetero) is 1. The highest BCUT2D eigenvalue weighted by molar-refractivity contribution is 5.81. The Bertz CT molecular complexity index is 215. The van der Waals surface area contributed by atoms with Gasteiger partial charge in [0.1, 0.15) is 5.78 Å². The van der Waals surface area contributed by atoms with E-state index in [1.165, 1.54) is 44.9 Å². The third-order valence-electron chi connectivity index (χ3n) is 4.40. The summed E-state index contributed by atoms with van der Waals surface area (Å²) < 4.78 is 0. The minimum Gasteiger partial charge on any atom is -0.299 e. The van der Waals surface area contributed by atoms with Gasteiger partial charge in [0.05, 0.1) is 0 Å². The van der Waals surface area contributed by atoms with E-state index in [0.29, 0.717) is 5.78 Å². The Morgan fingerprint density at radius 3 is 2.38 bits per heavy atom. The fourth-order valence-corrected chi connectivity index (χ4v) is 3.02. The molecule has 1 fully saturated rings. The molecule has 1 heteroatoms. The molecule has 16 heavy (non-hydrogen) atoms. The van der Waals surface area contributed by atoms with Crippen LogP contribution in [0.15, 0.2) is 0 Å². The van der Waals surface area contributed by atoms with Gasteiger partial charge in [0.15, 0.2) is 0 Å². The lowest BCUT2D eigenvalue weighted by atomic mass is 9.71. The summed E-state index contributed by atoms with van der Waals surface area (Å²) in [4.78, 5) is 11.8. The molecule has 0 aromatic rings. The second-order valence-electron chi connectivity index (χ2n) is 5.93. The zero-order valence-electron chi connectivity index (χ0n) is 11.3. The van der Waals surface area contributed by atoms with Gasteiger partial charge in [-0.25, -0.2) is 0 Å². The Hall–Kier alpha value is -0.330. The van der Waals surface area contributed by atoms with E-state index >= 15 is 0 Å². The second kappa shape index (κ2) is 6.42. The molecule has 1 aliphatic rings. The van der Waals surface area contributed by atoms with Gasteiger partial charge in [-0.2, -0.15) is 0 Å². The average Bonchev–Trinajstić information content (AvgIpc) is 2.27. The van der Waals surface area contributed by atoms with Crippen LogP contribution in [0.25, 0.3) is 0 Å². The normalized spacial score (nSPS) is 21.7. The van der Waals surface area contributed by atoms with Crippen LogP contribution in [0.1, 0.15) is 78.6 Å². The van der Waals surface area contributed by atoms with Crippen molar-refractivity contribution >= 4 is 5.78 Å². The van der Waals surface area contributed by atoms with E-state index in [0.717, 1.165) is 18.8 Å². The molecule has 0 spiro atoms. The predicted molar refractivity (Wildman–Crippen MR) is 69.5 cm³/mol. The van der Waals surface area contributed by atoms with Crippen molar-refractivity contribution in [2.45, 2.75) is 78.6 Å². The summed E-state index contributed by atoms with van der Waals surface area (Å²) in [6.45, 7) is 6.19. The maximum atomic E-state index is 11.8. The van der Waals surface area contributed by atoms with Crippen molar-refractivity contribution in [1.29, 1.82) is 0 Å². The predicted octanol–water partition coefficient (Wildman–Crippen LogP) is 4.74. The van der Waals surface area contributed by atoms with Gasteiger partial charge in [-0.1, -0.05) is 58.8 Å². The van der Waals surface area contributed by atoms with Gasteiger partial charge < -0.3 is 0 Å². The lowest BCUT2D eigenvalue weighted by molar-refractivity contribution is -0.127. The molecule has 94 valence electrons. The van der Waals surface area contributed by atoms with Gasteiger partial charge in [0.25, 0.3) is 0 Å². The molecule has 0 radical (unpaired) electrons. The highest BCUT2D eigenvalue weighted by Gasteiger charge is 2.32. The first-order chi connectivity index (χ1) is 7.58. The molecule has 1 aliphatic carbocycles. The maximum Gasteiger partial charge on any atom is 0.135 e. The molecule has 0 aromatic carbocycles. The number of carbonyl (C=O) groups excluding carboxylic acids is 1. The third kappa shape index (κ3) is 3.92. The molecule has 1 atom stereocenters. The van der Waals surface area contributed by atoms with E-state index in [1.54, 1.807) is 6.92 Å². The summed E-state index contributed by atoms with van der Waals surface area (Å²) in [6.07, 6.45) is 11.5. The van der Waals surface area contributed by atoms with Crippen LogP contribution in [-0.2, 0) is 4.79 Å². The van der Waals surface area contributed by atoms with Crippen LogP contribution in [0.2, 0.25) is 0 Å². The van der Waals surface area contributed by atoms with Crippen LogP contribution in [0.4, 0.5) is 0 Å². The Morgan fingerprint density at radius 2 is 1.88 bits per heavy atom. The molecular formula is C15H28O. The van der Waals surface area contributed by atoms with Crippen molar-refractivity contribution in [2.24, 2.45) is 11.3 Å². The summed E-state index contributed by atoms with van der Waals surface area (Å²) in [7, 11) is 0. The number of ketones is 1. The first-order valence-electron chi connectivity index (χ1n) is 7.09. The summed E-state index contributed by atoms with van der Waals surface area (Å²) in [5.74, 6) is 1.23. The number of rotatable bonds is 6. The van der Waals surface area contributed by atoms with Gasteiger partial charge in [0, 0.05) is 5.41 Å². The Labute approximate surface area is 101 Å². The molecule has 1 nitrogen and oxygen atoms in total. The van der Waals surface area contributed by atoms with E-state index in [-0.39, 0.29) is 5.41 Å². The molecule has 0 bridgehead atoms. The van der Waals surface area contributed by atoms with E-state index in [4.69, 9.17) is 0 Å². The van der Waals surface area contributed by atoms with Crippen molar-refractivity contribution in [3.05, 3.63) is 0 Å². The third-order valence-corrected chi connectivity index (χ3v) is 4.40. The van der Waals surface area contributed by atoms with Crippen LogP contribution in [0.3, 0.4) is 0 Å². The van der Waals surface area contributed by atoms with Gasteiger partial charge in [-0.15, -0.1) is 0 Å². The first-order valence-corrected chi connectivity index (χ1v) is 7.09. The van der Waals surface area contributed by atoms with Gasteiger partial charge >= 0.3 is 0 Å². The molecule has 1 saturated carbocycles. The fourth-order valence-electron chi connectivity index (χ4n) is 3.02. The molecule has 0 aliphatic heterocycles. The number of hydrogen-bond acceptors (Lipinski definition) is 1. The lowest BCUT2D eigenvalue weighted by Gasteiger charge is -2.33. The number of unbranched alkanes of at least 4 members (excludes halogenated alkanes) is 1. The van der Waals surface area contributed by atoms with Gasteiger partial charge in [-0.05, 0) is 25.7 Å². The summed E-state index contributed by atoms with van der Waals surface area (Å²) >= 11 is 0. The maximum absolute atomic E-state index is 11.8. The first kappa shape index (κ1) is 13.7. The minimum absolute atomic E-state index is 0.0297. The van der Waals surface area contributed by atoms with Crippen molar-refractivity contribution in [2.75, 3.05) is 0 Å². The van der Waals surface area contributed by atoms with Crippen molar-refractivity contribution in [3.63, 3.8) is 0 Å². The number of hydrogen-bond donors (Lipinski definition) is 0. The van der Waals surface area contributed by atoms with Crippen molar-refractivity contribution in [3.8, 4) is 0 Å². The van der Waals surface area contributed by atoms with Crippen molar-refractivity contribution in [1.82, 2.24) is 0 Å². The largest absolute Gasteiger partial charge is 0.299 e. The van der Waals surface area contributed by atoms with Crippen LogP contribution in [0.5, 0.6) is 0 Å². The van der Waals surface area contributed by atoms with Gasteiger partial charge in [0.2, 0.25) is 0 Å². The molecule has 0 saturated heterocycles. The fraction of sp³-hybridized carbons (Fsp3) is 0.933. The summed E-state index contributed by atoms with van der Waals surface area (Å²) in [6, 6.07) is 0. The molecule has 0 aromatic heterocycles. The van der Waals surface area contributed by atoms with Crippen LogP contribution >= 0.6 is 0 Å². The van der Waals surface area contributed by atoms with E-state index in [1.807, 2.05) is 0 Å². The quantitative estimate of drug-likeness (QED) is 0.636. The highest BCUT2D eigenvalue weighted by Crippen LogP contribution is 2.38. The zero-order valence-corrected chi connectivity index (χ0v) is 11.3. The second-order valence-corrected chi connectivity index (χ2v) is 5.93. The van der Waals surface area contributed by atoms with E-state index in [9.17, 15) is 4.79 Å². The van der Waals surface area contributed by atoms with Crippen LogP contribution < -0.4 is 0 Å².